The van der Waals surface area contributed by atoms with Gasteiger partial charge in [0.1, 0.15) is 6.54 Å². The Morgan fingerprint density at radius 1 is 1.20 bits per heavy atom. The summed E-state index contributed by atoms with van der Waals surface area (Å²) in [5.74, 6) is 0.698. The molecule has 1 saturated carbocycles. The van der Waals surface area contributed by atoms with Gasteiger partial charge in [-0.05, 0) is 49.8 Å². The van der Waals surface area contributed by atoms with Gasteiger partial charge >= 0.3 is 0 Å². The summed E-state index contributed by atoms with van der Waals surface area (Å²) in [5.41, 5.74) is 0.499. The number of piperidine rings is 1. The number of likely N-dealkylation sites (tertiary alicyclic amines) is 1. The molecule has 1 amide bonds. The molecule has 0 N–H and O–H groups in total. The van der Waals surface area contributed by atoms with Crippen LogP contribution in [0.3, 0.4) is 0 Å². The maximum atomic E-state index is 12.9. The number of amides is 1. The summed E-state index contributed by atoms with van der Waals surface area (Å²) in [5, 5.41) is 0.541. The van der Waals surface area contributed by atoms with E-state index in [1.807, 2.05) is 17.0 Å². The molecule has 2 aliphatic rings. The van der Waals surface area contributed by atoms with Gasteiger partial charge in [0.15, 0.2) is 0 Å². The second-order valence-corrected chi connectivity index (χ2v) is 8.10. The molecule has 2 atom stereocenters. The van der Waals surface area contributed by atoms with Crippen molar-refractivity contribution in [3.05, 3.63) is 39.4 Å². The molecule has 2 heterocycles. The summed E-state index contributed by atoms with van der Waals surface area (Å²) >= 11 is 3.39. The maximum Gasteiger partial charge on any atom is 0.261 e. The molecule has 132 valence electrons. The second-order valence-electron chi connectivity index (χ2n) is 7.18. The number of nitrogens with zero attached hydrogens (tertiary/aromatic N) is 3. The average Bonchev–Trinajstić information content (AvgIpc) is 2.64. The number of halogens is 1. The molecule has 0 bridgehead atoms. The highest BCUT2D eigenvalue weighted by atomic mass is 79.9. The van der Waals surface area contributed by atoms with Gasteiger partial charge < -0.3 is 4.90 Å². The minimum absolute atomic E-state index is 0.0508. The van der Waals surface area contributed by atoms with Gasteiger partial charge in [-0.15, -0.1) is 0 Å². The molecule has 0 unspecified atom stereocenters. The first-order chi connectivity index (χ1) is 12.1. The first-order valence-electron chi connectivity index (χ1n) is 9.07. The summed E-state index contributed by atoms with van der Waals surface area (Å²) in [7, 11) is 0. The third-order valence-electron chi connectivity index (χ3n) is 5.66. The highest BCUT2D eigenvalue weighted by molar-refractivity contribution is 9.10. The molecule has 2 aromatic rings. The van der Waals surface area contributed by atoms with Crippen LogP contribution in [0, 0.1) is 5.92 Å². The number of rotatable bonds is 2. The summed E-state index contributed by atoms with van der Waals surface area (Å²) in [6.07, 6.45) is 8.64. The van der Waals surface area contributed by atoms with Crippen molar-refractivity contribution in [3.8, 4) is 0 Å². The lowest BCUT2D eigenvalue weighted by Gasteiger charge is -2.44. The van der Waals surface area contributed by atoms with Crippen LogP contribution in [0.15, 0.2) is 33.8 Å². The van der Waals surface area contributed by atoms with Crippen LogP contribution in [0.1, 0.15) is 38.5 Å². The zero-order valence-corrected chi connectivity index (χ0v) is 15.7. The summed E-state index contributed by atoms with van der Waals surface area (Å²) in [4.78, 5) is 32.0. The number of hydrogen-bond donors (Lipinski definition) is 0. The monoisotopic (exact) mass is 403 g/mol. The van der Waals surface area contributed by atoms with E-state index in [-0.39, 0.29) is 18.0 Å². The van der Waals surface area contributed by atoms with E-state index in [1.165, 1.54) is 36.6 Å². The van der Waals surface area contributed by atoms with Crippen molar-refractivity contribution in [1.82, 2.24) is 14.5 Å². The Morgan fingerprint density at radius 3 is 2.88 bits per heavy atom. The fraction of sp³-hybridized carbons (Fsp3) is 0.526. The van der Waals surface area contributed by atoms with E-state index in [0.717, 1.165) is 23.9 Å². The molecule has 0 spiro atoms. The lowest BCUT2D eigenvalue weighted by molar-refractivity contribution is -0.138. The smallest absolute Gasteiger partial charge is 0.261 e. The number of aromatic nitrogens is 2. The molecule has 1 aliphatic heterocycles. The zero-order chi connectivity index (χ0) is 17.4. The van der Waals surface area contributed by atoms with Gasteiger partial charge in [-0.3, -0.25) is 14.2 Å². The van der Waals surface area contributed by atoms with Gasteiger partial charge in [-0.1, -0.05) is 28.8 Å². The summed E-state index contributed by atoms with van der Waals surface area (Å²) < 4.78 is 2.29. The van der Waals surface area contributed by atoms with E-state index in [0.29, 0.717) is 22.9 Å². The van der Waals surface area contributed by atoms with Crippen LogP contribution in [0.5, 0.6) is 0 Å². The molecule has 1 aromatic carbocycles. The van der Waals surface area contributed by atoms with Gasteiger partial charge in [-0.2, -0.15) is 0 Å². The average molecular weight is 404 g/mol. The zero-order valence-electron chi connectivity index (χ0n) is 14.2. The minimum atomic E-state index is -0.156. The fourth-order valence-electron chi connectivity index (χ4n) is 4.41. The lowest BCUT2D eigenvalue weighted by atomic mass is 9.78. The molecule has 5 nitrogen and oxygen atoms in total. The Labute approximate surface area is 155 Å². The van der Waals surface area contributed by atoms with Crippen molar-refractivity contribution in [2.24, 2.45) is 5.92 Å². The highest BCUT2D eigenvalue weighted by Gasteiger charge is 2.35. The highest BCUT2D eigenvalue weighted by Crippen LogP contribution is 2.35. The van der Waals surface area contributed by atoms with Crippen LogP contribution in [0.25, 0.3) is 10.9 Å². The first-order valence-corrected chi connectivity index (χ1v) is 9.87. The van der Waals surface area contributed by atoms with Crippen LogP contribution in [-0.2, 0) is 11.3 Å². The predicted molar refractivity (Wildman–Crippen MR) is 100 cm³/mol. The number of fused-ring (bicyclic) bond motifs is 2. The van der Waals surface area contributed by atoms with Gasteiger partial charge in [0, 0.05) is 17.1 Å². The molecule has 1 aromatic heterocycles. The van der Waals surface area contributed by atoms with E-state index >= 15 is 0 Å². The van der Waals surface area contributed by atoms with E-state index in [2.05, 4.69) is 20.9 Å². The normalized spacial score (nSPS) is 23.5. The van der Waals surface area contributed by atoms with Crippen molar-refractivity contribution in [3.63, 3.8) is 0 Å². The van der Waals surface area contributed by atoms with Crippen molar-refractivity contribution < 1.29 is 4.79 Å². The van der Waals surface area contributed by atoms with Crippen LogP contribution in [-0.4, -0.2) is 32.9 Å². The van der Waals surface area contributed by atoms with E-state index in [9.17, 15) is 9.59 Å². The van der Waals surface area contributed by atoms with Gasteiger partial charge in [-0.25, -0.2) is 4.98 Å². The molecule has 2 fully saturated rings. The van der Waals surface area contributed by atoms with E-state index < -0.39 is 0 Å². The molecule has 6 heteroatoms. The number of benzene rings is 1. The van der Waals surface area contributed by atoms with Gasteiger partial charge in [0.2, 0.25) is 5.91 Å². The standard InChI is InChI=1S/C19H22BrN3O2/c20-14-7-8-16-15(10-14)19(25)22(12-21-16)11-18(24)23-9-3-5-13-4-1-2-6-17(13)23/h7-8,10,12-13,17H,1-6,9,11H2/t13-,17+/m0/s1. The topological polar surface area (TPSA) is 55.2 Å². The molecule has 25 heavy (non-hydrogen) atoms. The van der Waals surface area contributed by atoms with Crippen LogP contribution in [0.2, 0.25) is 0 Å². The maximum absolute atomic E-state index is 12.9. The van der Waals surface area contributed by atoms with Gasteiger partial charge in [0.05, 0.1) is 17.2 Å². The van der Waals surface area contributed by atoms with Crippen molar-refractivity contribution in [1.29, 1.82) is 0 Å². The van der Waals surface area contributed by atoms with Crippen molar-refractivity contribution in [2.45, 2.75) is 51.1 Å². The van der Waals surface area contributed by atoms with Gasteiger partial charge in [0.25, 0.3) is 5.56 Å². The van der Waals surface area contributed by atoms with Crippen LogP contribution >= 0.6 is 15.9 Å². The third kappa shape index (κ3) is 3.24. The molecule has 1 saturated heterocycles. The third-order valence-corrected chi connectivity index (χ3v) is 6.15. The Morgan fingerprint density at radius 2 is 2.00 bits per heavy atom. The molecular weight excluding hydrogens is 382 g/mol. The SMILES string of the molecule is O=C(Cn1cnc2ccc(Br)cc2c1=O)N1CCC[C@@H]2CCCC[C@H]21. The Hall–Kier alpha value is -1.69. The number of hydrogen-bond acceptors (Lipinski definition) is 3. The number of carbonyl (C=O) groups is 1. The first kappa shape index (κ1) is 16.8. The second kappa shape index (κ2) is 6.90. The van der Waals surface area contributed by atoms with E-state index in [4.69, 9.17) is 0 Å². The molecule has 4 rings (SSSR count). The quantitative estimate of drug-likeness (QED) is 0.772. The summed E-state index contributed by atoms with van der Waals surface area (Å²) in [6.45, 7) is 0.902. The lowest BCUT2D eigenvalue weighted by Crippen LogP contribution is -2.51. The van der Waals surface area contributed by atoms with E-state index in [1.54, 1.807) is 6.07 Å². The molecule has 1 aliphatic carbocycles. The van der Waals surface area contributed by atoms with Crippen LogP contribution < -0.4 is 5.56 Å². The minimum Gasteiger partial charge on any atom is -0.338 e. The number of carbonyl (C=O) groups excluding carboxylic acids is 1. The Bertz CT molecular complexity index is 861. The Balaban J connectivity index is 1.59. The predicted octanol–water partition coefficient (Wildman–Crippen LogP) is 3.34. The van der Waals surface area contributed by atoms with Crippen LogP contribution in [0.4, 0.5) is 0 Å². The largest absolute Gasteiger partial charge is 0.338 e. The molecular formula is C19H22BrN3O2. The van der Waals surface area contributed by atoms with Crippen molar-refractivity contribution in [2.75, 3.05) is 6.54 Å². The molecule has 0 radical (unpaired) electrons. The van der Waals surface area contributed by atoms with Crippen molar-refractivity contribution >= 4 is 32.7 Å². The Kier molecular flexibility index (Phi) is 4.63. The summed E-state index contributed by atoms with van der Waals surface area (Å²) in [6, 6.07) is 5.81. The fourth-order valence-corrected chi connectivity index (χ4v) is 4.78.